The summed E-state index contributed by atoms with van der Waals surface area (Å²) in [4.78, 5) is 24.8. The Bertz CT molecular complexity index is 1350. The van der Waals surface area contributed by atoms with Gasteiger partial charge < -0.3 is 39.2 Å². The van der Waals surface area contributed by atoms with Gasteiger partial charge in [0.05, 0.1) is 33.5 Å². The molecule has 0 bridgehead atoms. The van der Waals surface area contributed by atoms with E-state index in [1.165, 1.54) is 19.3 Å². The molecule has 1 amide bonds. The third kappa shape index (κ3) is 14.1. The summed E-state index contributed by atoms with van der Waals surface area (Å²) in [5.74, 6) is -0.679. The molecule has 0 saturated carbocycles. The average molecular weight is 650 g/mol. The highest BCUT2D eigenvalue weighted by atomic mass is 16.6. The molecule has 10 nitrogen and oxygen atoms in total. The number of carbonyl (C=O) groups is 2. The van der Waals surface area contributed by atoms with E-state index in [-0.39, 0.29) is 32.8 Å². The van der Waals surface area contributed by atoms with Gasteiger partial charge in [-0.1, -0.05) is 103 Å². The number of rotatable bonds is 18. The van der Waals surface area contributed by atoms with Crippen LogP contribution in [-0.4, -0.2) is 72.1 Å². The van der Waals surface area contributed by atoms with Crippen LogP contribution in [0.2, 0.25) is 0 Å². The van der Waals surface area contributed by atoms with Gasteiger partial charge in [-0.15, -0.1) is 0 Å². The minimum Gasteiger partial charge on any atom is -0.467 e. The molecule has 10 heteroatoms. The van der Waals surface area contributed by atoms with Crippen molar-refractivity contribution >= 4 is 12.1 Å². The topological polar surface area (TPSA) is 133 Å². The maximum Gasteiger partial charge on any atom is 0.408 e. The quantitative estimate of drug-likeness (QED) is 0.127. The molecule has 0 aliphatic carbocycles. The number of amides is 1. The minimum atomic E-state index is -1.29. The molecule has 0 radical (unpaired) electrons. The van der Waals surface area contributed by atoms with Gasteiger partial charge in [0.15, 0.2) is 0 Å². The summed E-state index contributed by atoms with van der Waals surface area (Å²) >= 11 is 0. The molecular formula is C37H47NO9. The number of alkyl carbamates (subject to hydrolysis) is 1. The molecule has 3 rings (SSSR count). The van der Waals surface area contributed by atoms with E-state index in [0.717, 1.165) is 16.7 Å². The Balaban J connectivity index is 1.81. The number of hydrogen-bond acceptors (Lipinski definition) is 9. The van der Waals surface area contributed by atoms with Crippen molar-refractivity contribution in [2.24, 2.45) is 0 Å². The van der Waals surface area contributed by atoms with Gasteiger partial charge in [0.25, 0.3) is 0 Å². The summed E-state index contributed by atoms with van der Waals surface area (Å²) in [7, 11) is 1.22. The van der Waals surface area contributed by atoms with Crippen LogP contribution >= 0.6 is 0 Å². The zero-order chi connectivity index (χ0) is 34.1. The lowest BCUT2D eigenvalue weighted by atomic mass is 10.0. The molecule has 3 aromatic rings. The van der Waals surface area contributed by atoms with Crippen LogP contribution in [-0.2, 0) is 48.3 Å². The number of hydrogen-bond donors (Lipinski definition) is 3. The van der Waals surface area contributed by atoms with Crippen molar-refractivity contribution < 1.29 is 43.5 Å². The van der Waals surface area contributed by atoms with Crippen LogP contribution in [0.15, 0.2) is 103 Å². The van der Waals surface area contributed by atoms with Crippen molar-refractivity contribution in [2.45, 2.75) is 83.1 Å². The van der Waals surface area contributed by atoms with Crippen molar-refractivity contribution in [1.82, 2.24) is 5.32 Å². The first kappa shape index (κ1) is 37.4. The fraction of sp³-hybridized carbons (Fsp3) is 0.405. The SMILES string of the molecule is COC(=O)[C@H](C/C=C/[C@H](O)[C@@H](OCc1ccccc1)[C@H](OCc1ccccc1)[C@H](O)COCc1ccccc1)NC(=O)OC(C)(C)C. The Morgan fingerprint density at radius 2 is 1.26 bits per heavy atom. The summed E-state index contributed by atoms with van der Waals surface area (Å²) in [6, 6.07) is 27.4. The molecule has 0 unspecified atom stereocenters. The first-order valence-corrected chi connectivity index (χ1v) is 15.6. The van der Waals surface area contributed by atoms with Gasteiger partial charge in [0.2, 0.25) is 0 Å². The lowest BCUT2D eigenvalue weighted by molar-refractivity contribution is -0.168. The second-order valence-corrected chi connectivity index (χ2v) is 12.0. The summed E-state index contributed by atoms with van der Waals surface area (Å²) in [6.07, 6.45) is -2.35. The van der Waals surface area contributed by atoms with Crippen LogP contribution in [0.25, 0.3) is 0 Å². The van der Waals surface area contributed by atoms with Crippen LogP contribution in [0.3, 0.4) is 0 Å². The zero-order valence-electron chi connectivity index (χ0n) is 27.5. The van der Waals surface area contributed by atoms with E-state index in [0.29, 0.717) is 0 Å². The highest BCUT2D eigenvalue weighted by molar-refractivity contribution is 5.81. The van der Waals surface area contributed by atoms with Gasteiger partial charge in [-0.05, 0) is 43.9 Å². The van der Waals surface area contributed by atoms with Gasteiger partial charge >= 0.3 is 12.1 Å². The average Bonchev–Trinajstić information content (AvgIpc) is 3.05. The second-order valence-electron chi connectivity index (χ2n) is 12.0. The maximum atomic E-state index is 12.4. The predicted molar refractivity (Wildman–Crippen MR) is 177 cm³/mol. The van der Waals surface area contributed by atoms with Crippen LogP contribution in [0.5, 0.6) is 0 Å². The van der Waals surface area contributed by atoms with Gasteiger partial charge in [-0.25, -0.2) is 9.59 Å². The van der Waals surface area contributed by atoms with Gasteiger partial charge in [-0.3, -0.25) is 0 Å². The Morgan fingerprint density at radius 1 is 0.766 bits per heavy atom. The molecule has 0 aromatic heterocycles. The largest absolute Gasteiger partial charge is 0.467 e. The summed E-state index contributed by atoms with van der Waals surface area (Å²) in [5.41, 5.74) is 1.91. The van der Waals surface area contributed by atoms with Crippen molar-refractivity contribution in [1.29, 1.82) is 0 Å². The second kappa shape index (κ2) is 19.6. The molecule has 0 fully saturated rings. The molecule has 3 aromatic carbocycles. The minimum absolute atomic E-state index is 0.00728. The van der Waals surface area contributed by atoms with Crippen LogP contribution in [0.4, 0.5) is 4.79 Å². The number of benzene rings is 3. The standard InChI is InChI=1S/C37H47NO9/c1-37(2,3)47-36(42)38-30(35(41)43-4)21-14-22-31(39)33(45-24-28-17-10-6-11-18-28)34(46-25-29-19-12-7-13-20-29)32(40)26-44-23-27-15-8-5-9-16-27/h5-20,22,30-34,39-40H,21,23-26H2,1-4H3,(H,38,42)/b22-14+/t30-,31-,32+,33+,34+/m0/s1. The predicted octanol–water partition coefficient (Wildman–Crippen LogP) is 5.11. The fourth-order valence-electron chi connectivity index (χ4n) is 4.58. The molecule has 0 aliphatic rings. The Kier molecular flexibility index (Phi) is 15.6. The van der Waals surface area contributed by atoms with Gasteiger partial charge in [-0.2, -0.15) is 0 Å². The normalized spacial score (nSPS) is 14.9. The number of nitrogens with one attached hydrogen (secondary N) is 1. The smallest absolute Gasteiger partial charge is 0.408 e. The monoisotopic (exact) mass is 649 g/mol. The number of esters is 1. The van der Waals surface area contributed by atoms with E-state index < -0.39 is 48.1 Å². The van der Waals surface area contributed by atoms with Crippen molar-refractivity contribution in [3.05, 3.63) is 120 Å². The number of aliphatic hydroxyl groups excluding tert-OH is 2. The molecule has 0 saturated heterocycles. The summed E-state index contributed by atoms with van der Waals surface area (Å²) < 4.78 is 28.5. The first-order valence-electron chi connectivity index (χ1n) is 15.6. The van der Waals surface area contributed by atoms with Crippen LogP contribution < -0.4 is 5.32 Å². The number of methoxy groups -OCH3 is 1. The fourth-order valence-corrected chi connectivity index (χ4v) is 4.58. The highest BCUT2D eigenvalue weighted by Gasteiger charge is 2.35. The number of aliphatic hydroxyl groups is 2. The van der Waals surface area contributed by atoms with Gasteiger partial charge in [0, 0.05) is 0 Å². The third-order valence-corrected chi connectivity index (χ3v) is 6.89. The van der Waals surface area contributed by atoms with E-state index >= 15 is 0 Å². The Morgan fingerprint density at radius 3 is 1.74 bits per heavy atom. The van der Waals surface area contributed by atoms with Crippen molar-refractivity contribution in [3.8, 4) is 0 Å². The molecule has 0 heterocycles. The third-order valence-electron chi connectivity index (χ3n) is 6.89. The summed E-state index contributed by atoms with van der Waals surface area (Å²) in [5, 5.41) is 25.4. The van der Waals surface area contributed by atoms with Crippen LogP contribution in [0, 0.1) is 0 Å². The number of carbonyl (C=O) groups excluding carboxylic acids is 2. The molecule has 47 heavy (non-hydrogen) atoms. The van der Waals surface area contributed by atoms with E-state index in [1.807, 2.05) is 91.0 Å². The Labute approximate surface area is 277 Å². The van der Waals surface area contributed by atoms with E-state index in [2.05, 4.69) is 5.32 Å². The van der Waals surface area contributed by atoms with E-state index in [4.69, 9.17) is 23.7 Å². The summed E-state index contributed by atoms with van der Waals surface area (Å²) in [6.45, 7) is 5.60. The van der Waals surface area contributed by atoms with E-state index in [1.54, 1.807) is 20.8 Å². The van der Waals surface area contributed by atoms with E-state index in [9.17, 15) is 19.8 Å². The molecular weight excluding hydrogens is 602 g/mol. The Hall–Kier alpha value is -4.06. The van der Waals surface area contributed by atoms with Crippen molar-refractivity contribution in [2.75, 3.05) is 13.7 Å². The highest BCUT2D eigenvalue weighted by Crippen LogP contribution is 2.20. The van der Waals surface area contributed by atoms with Crippen LogP contribution in [0.1, 0.15) is 43.9 Å². The molecule has 5 atom stereocenters. The zero-order valence-corrected chi connectivity index (χ0v) is 27.5. The first-order chi connectivity index (χ1) is 22.6. The molecule has 3 N–H and O–H groups in total. The lowest BCUT2D eigenvalue weighted by Gasteiger charge is -2.33. The molecule has 0 aliphatic heterocycles. The van der Waals surface area contributed by atoms with Gasteiger partial charge in [0.1, 0.15) is 36.1 Å². The molecule has 254 valence electrons. The molecule has 0 spiro atoms. The lowest BCUT2D eigenvalue weighted by Crippen LogP contribution is -2.48. The van der Waals surface area contributed by atoms with Crippen molar-refractivity contribution in [3.63, 3.8) is 0 Å². The maximum absolute atomic E-state index is 12.4. The number of ether oxygens (including phenoxy) is 5.